The van der Waals surface area contributed by atoms with Gasteiger partial charge in [0.1, 0.15) is 5.82 Å². The first-order valence-electron chi connectivity index (χ1n) is 9.11. The monoisotopic (exact) mass is 381 g/mol. The molecule has 1 N–H and O–H groups in total. The van der Waals surface area contributed by atoms with Gasteiger partial charge in [0.15, 0.2) is 0 Å². The number of carbonyl (C=O) groups is 2. The van der Waals surface area contributed by atoms with E-state index in [2.05, 4.69) is 16.4 Å². The molecule has 2 aromatic rings. The number of esters is 1. The zero-order valence-corrected chi connectivity index (χ0v) is 16.0. The smallest absolute Gasteiger partial charge is 0.310 e. The van der Waals surface area contributed by atoms with Gasteiger partial charge in [-0.15, -0.1) is 0 Å². The van der Waals surface area contributed by atoms with E-state index in [0.29, 0.717) is 37.4 Å². The van der Waals surface area contributed by atoms with Gasteiger partial charge in [-0.3, -0.25) is 14.5 Å². The van der Waals surface area contributed by atoms with Gasteiger partial charge in [-0.2, -0.15) is 5.26 Å². The fraction of sp³-hybridized carbons (Fsp3) is 0.400. The van der Waals surface area contributed by atoms with Crippen molar-refractivity contribution in [1.82, 2.24) is 14.9 Å². The van der Waals surface area contributed by atoms with E-state index in [1.54, 1.807) is 29.6 Å². The molecule has 1 aromatic carbocycles. The number of anilines is 1. The van der Waals surface area contributed by atoms with Gasteiger partial charge in [-0.05, 0) is 24.1 Å². The number of piperidine rings is 1. The maximum atomic E-state index is 12.5. The molecule has 8 heteroatoms. The number of amides is 1. The van der Waals surface area contributed by atoms with Crippen molar-refractivity contribution in [1.29, 1.82) is 5.26 Å². The molecule has 1 amide bonds. The molecule has 0 spiro atoms. The van der Waals surface area contributed by atoms with E-state index in [0.717, 1.165) is 5.56 Å². The van der Waals surface area contributed by atoms with Crippen LogP contribution in [0.15, 0.2) is 36.8 Å². The highest BCUT2D eigenvalue weighted by atomic mass is 16.5. The van der Waals surface area contributed by atoms with Gasteiger partial charge in [-0.25, -0.2) is 4.98 Å². The van der Waals surface area contributed by atoms with Crippen molar-refractivity contribution in [2.45, 2.75) is 25.9 Å². The normalized spacial score (nSPS) is 18.9. The highest BCUT2D eigenvalue weighted by Crippen LogP contribution is 2.24. The van der Waals surface area contributed by atoms with Crippen molar-refractivity contribution in [3.05, 3.63) is 47.9 Å². The van der Waals surface area contributed by atoms with E-state index in [9.17, 15) is 9.59 Å². The zero-order chi connectivity index (χ0) is 20.1. The molecule has 1 aromatic heterocycles. The Labute approximate surface area is 163 Å². The van der Waals surface area contributed by atoms with Gasteiger partial charge >= 0.3 is 5.97 Å². The van der Waals surface area contributed by atoms with Crippen LogP contribution in [-0.4, -0.2) is 47.7 Å². The number of ether oxygens (including phenoxy) is 1. The SMILES string of the molecule is COC(=O)[C@H]1CNC[C@@H](N(C(C)=O)c2cncn2Cc2ccc(C#N)cc2)C1. The quantitative estimate of drug-likeness (QED) is 0.784. The highest BCUT2D eigenvalue weighted by Gasteiger charge is 2.34. The molecular formula is C20H23N5O3. The van der Waals surface area contributed by atoms with E-state index in [-0.39, 0.29) is 23.8 Å². The maximum absolute atomic E-state index is 12.5. The van der Waals surface area contributed by atoms with Gasteiger partial charge in [0.25, 0.3) is 0 Å². The Hall–Kier alpha value is -3.18. The Morgan fingerprint density at radius 3 is 2.75 bits per heavy atom. The third kappa shape index (κ3) is 4.21. The third-order valence-corrected chi connectivity index (χ3v) is 4.94. The van der Waals surface area contributed by atoms with Crippen LogP contribution in [-0.2, 0) is 20.9 Å². The lowest BCUT2D eigenvalue weighted by atomic mass is 9.94. The highest BCUT2D eigenvalue weighted by molar-refractivity contribution is 5.91. The topological polar surface area (TPSA) is 100 Å². The van der Waals surface area contributed by atoms with Crippen molar-refractivity contribution >= 4 is 17.7 Å². The summed E-state index contributed by atoms with van der Waals surface area (Å²) in [6.07, 6.45) is 3.87. The van der Waals surface area contributed by atoms with E-state index in [1.807, 2.05) is 16.7 Å². The molecule has 28 heavy (non-hydrogen) atoms. The molecule has 146 valence electrons. The average Bonchev–Trinajstić information content (AvgIpc) is 3.15. The van der Waals surface area contributed by atoms with Crippen molar-refractivity contribution in [3.63, 3.8) is 0 Å². The zero-order valence-electron chi connectivity index (χ0n) is 16.0. The molecular weight excluding hydrogens is 358 g/mol. The lowest BCUT2D eigenvalue weighted by Gasteiger charge is -2.36. The number of methoxy groups -OCH3 is 1. The first kappa shape index (κ1) is 19.6. The minimum absolute atomic E-state index is 0.112. The van der Waals surface area contributed by atoms with Gasteiger partial charge in [-0.1, -0.05) is 12.1 Å². The standard InChI is InChI=1S/C20H23N5O3/c1-14(26)25(18-7-17(9-22-10-18)20(27)28-2)19-11-23-13-24(19)12-16-5-3-15(8-21)4-6-16/h3-6,11,13,17-18,22H,7,9-10,12H2,1-2H3/t17-,18+/m1/s1. The number of nitrogens with zero attached hydrogens (tertiary/aromatic N) is 4. The molecule has 0 saturated carbocycles. The first-order valence-corrected chi connectivity index (χ1v) is 9.11. The fourth-order valence-electron chi connectivity index (χ4n) is 3.59. The van der Waals surface area contributed by atoms with Crippen LogP contribution in [0, 0.1) is 17.2 Å². The summed E-state index contributed by atoms with van der Waals surface area (Å²) in [5.41, 5.74) is 1.60. The molecule has 0 bridgehead atoms. The maximum Gasteiger partial charge on any atom is 0.310 e. The summed E-state index contributed by atoms with van der Waals surface area (Å²) in [6, 6.07) is 9.23. The van der Waals surface area contributed by atoms with Crippen LogP contribution in [0.25, 0.3) is 0 Å². The second kappa shape index (κ2) is 8.67. The summed E-state index contributed by atoms with van der Waals surface area (Å²) >= 11 is 0. The summed E-state index contributed by atoms with van der Waals surface area (Å²) in [5, 5.41) is 12.2. The van der Waals surface area contributed by atoms with Gasteiger partial charge in [0.2, 0.25) is 5.91 Å². The molecule has 3 rings (SSSR count). The molecule has 1 aliphatic heterocycles. The average molecular weight is 381 g/mol. The molecule has 8 nitrogen and oxygen atoms in total. The van der Waals surface area contributed by atoms with Crippen LogP contribution in [0.4, 0.5) is 5.82 Å². The fourth-order valence-corrected chi connectivity index (χ4v) is 3.59. The summed E-state index contributed by atoms with van der Waals surface area (Å²) in [4.78, 5) is 30.3. The Morgan fingerprint density at radius 2 is 2.11 bits per heavy atom. The molecule has 0 unspecified atom stereocenters. The van der Waals surface area contributed by atoms with Crippen LogP contribution < -0.4 is 10.2 Å². The number of aromatic nitrogens is 2. The molecule has 0 aliphatic carbocycles. The Kier molecular flexibility index (Phi) is 6.06. The molecule has 1 fully saturated rings. The Bertz CT molecular complexity index is 884. The predicted molar refractivity (Wildman–Crippen MR) is 102 cm³/mol. The second-order valence-electron chi connectivity index (χ2n) is 6.85. The largest absolute Gasteiger partial charge is 0.469 e. The van der Waals surface area contributed by atoms with Crippen molar-refractivity contribution < 1.29 is 14.3 Å². The number of nitriles is 1. The van der Waals surface area contributed by atoms with Gasteiger partial charge < -0.3 is 14.6 Å². The molecule has 1 aliphatic rings. The molecule has 1 saturated heterocycles. The number of hydrogen-bond acceptors (Lipinski definition) is 6. The Balaban J connectivity index is 1.83. The van der Waals surface area contributed by atoms with Crippen molar-refractivity contribution in [2.75, 3.05) is 25.1 Å². The molecule has 2 heterocycles. The number of carbonyl (C=O) groups excluding carboxylic acids is 2. The Morgan fingerprint density at radius 1 is 1.36 bits per heavy atom. The van der Waals surface area contributed by atoms with Gasteiger partial charge in [0.05, 0.1) is 49.8 Å². The van der Waals surface area contributed by atoms with Crippen LogP contribution in [0.5, 0.6) is 0 Å². The van der Waals surface area contributed by atoms with Gasteiger partial charge in [0, 0.05) is 20.0 Å². The van der Waals surface area contributed by atoms with Crippen LogP contribution >= 0.6 is 0 Å². The predicted octanol–water partition coefficient (Wildman–Crippen LogP) is 1.31. The summed E-state index contributed by atoms with van der Waals surface area (Å²) in [7, 11) is 1.38. The minimum atomic E-state index is -0.291. The first-order chi connectivity index (χ1) is 13.5. The number of hydrogen-bond donors (Lipinski definition) is 1. The summed E-state index contributed by atoms with van der Waals surface area (Å²) in [5.74, 6) is 0.000333. The molecule has 0 radical (unpaired) electrons. The van der Waals surface area contributed by atoms with Crippen LogP contribution in [0.2, 0.25) is 0 Å². The lowest BCUT2D eigenvalue weighted by molar-refractivity contribution is -0.146. The van der Waals surface area contributed by atoms with E-state index >= 15 is 0 Å². The number of imidazole rings is 1. The number of rotatable bonds is 5. The molecule has 2 atom stereocenters. The lowest BCUT2D eigenvalue weighted by Crippen LogP contribution is -2.53. The minimum Gasteiger partial charge on any atom is -0.469 e. The van der Waals surface area contributed by atoms with Crippen LogP contribution in [0.1, 0.15) is 24.5 Å². The third-order valence-electron chi connectivity index (χ3n) is 4.94. The summed E-state index contributed by atoms with van der Waals surface area (Å²) in [6.45, 7) is 3.17. The van der Waals surface area contributed by atoms with Crippen LogP contribution in [0.3, 0.4) is 0 Å². The van der Waals surface area contributed by atoms with Crippen molar-refractivity contribution in [2.24, 2.45) is 5.92 Å². The van der Waals surface area contributed by atoms with E-state index in [4.69, 9.17) is 10.00 Å². The van der Waals surface area contributed by atoms with Crippen molar-refractivity contribution in [3.8, 4) is 6.07 Å². The van der Waals surface area contributed by atoms with E-state index in [1.165, 1.54) is 14.0 Å². The number of benzene rings is 1. The second-order valence-corrected chi connectivity index (χ2v) is 6.85. The number of nitrogens with one attached hydrogen (secondary N) is 1. The summed E-state index contributed by atoms with van der Waals surface area (Å²) < 4.78 is 6.76. The van der Waals surface area contributed by atoms with E-state index < -0.39 is 0 Å².